The molecule has 3 aromatic rings. The summed E-state index contributed by atoms with van der Waals surface area (Å²) in [6, 6.07) is 14.3. The highest BCUT2D eigenvalue weighted by molar-refractivity contribution is 6.30. The molecule has 4 rings (SSSR count). The summed E-state index contributed by atoms with van der Waals surface area (Å²) in [5, 5.41) is 5.15. The monoisotopic (exact) mass is 456 g/mol. The molecule has 2 heterocycles. The fourth-order valence-corrected chi connectivity index (χ4v) is 4.11. The Morgan fingerprint density at radius 3 is 2.75 bits per heavy atom. The minimum atomic E-state index is -0.721. The van der Waals surface area contributed by atoms with E-state index in [2.05, 4.69) is 5.10 Å². The number of hydrogen-bond acceptors (Lipinski definition) is 4. The lowest BCUT2D eigenvalue weighted by atomic mass is 10.0. The second-order valence-electron chi connectivity index (χ2n) is 8.56. The number of ether oxygens (including phenoxy) is 2. The van der Waals surface area contributed by atoms with Crippen molar-refractivity contribution in [3.05, 3.63) is 81.9 Å². The summed E-state index contributed by atoms with van der Waals surface area (Å²) >= 11 is 6.11. The van der Waals surface area contributed by atoms with Crippen molar-refractivity contribution in [1.82, 2.24) is 9.78 Å². The third-order valence-corrected chi connectivity index (χ3v) is 5.67. The third-order valence-electron chi connectivity index (χ3n) is 5.44. The van der Waals surface area contributed by atoms with E-state index in [-0.39, 0.29) is 18.0 Å². The summed E-state index contributed by atoms with van der Waals surface area (Å²) in [4.78, 5) is 12.6. The smallest absolute Gasteiger partial charge is 0.163 e. The van der Waals surface area contributed by atoms with Crippen LogP contribution in [0.4, 0.5) is 4.39 Å². The molecule has 1 aliphatic rings. The van der Waals surface area contributed by atoms with Crippen molar-refractivity contribution in [2.24, 2.45) is 0 Å². The molecule has 5 nitrogen and oxygen atoms in total. The topological polar surface area (TPSA) is 53.4 Å². The first-order valence-electron chi connectivity index (χ1n) is 10.6. The molecule has 1 aliphatic heterocycles. The van der Waals surface area contributed by atoms with Gasteiger partial charge in [0.1, 0.15) is 17.7 Å². The molecule has 7 heteroatoms. The van der Waals surface area contributed by atoms with Crippen molar-refractivity contribution in [2.75, 3.05) is 6.61 Å². The van der Waals surface area contributed by atoms with Crippen molar-refractivity contribution < 1.29 is 18.7 Å². The van der Waals surface area contributed by atoms with Gasteiger partial charge in [0.2, 0.25) is 0 Å². The van der Waals surface area contributed by atoms with Crippen molar-refractivity contribution in [3.63, 3.8) is 0 Å². The van der Waals surface area contributed by atoms with Crippen LogP contribution in [-0.2, 0) is 27.1 Å². The lowest BCUT2D eigenvalue weighted by Gasteiger charge is -2.17. The van der Waals surface area contributed by atoms with E-state index >= 15 is 0 Å². The number of nitrogens with zero attached hydrogens (tertiary/aromatic N) is 2. The molecule has 0 amide bonds. The summed E-state index contributed by atoms with van der Waals surface area (Å²) in [6.07, 6.45) is 0.609. The molecule has 1 unspecified atom stereocenters. The van der Waals surface area contributed by atoms with E-state index in [1.807, 2.05) is 41.9 Å². The molecule has 1 fully saturated rings. The first-order chi connectivity index (χ1) is 15.2. The maximum Gasteiger partial charge on any atom is 0.163 e. The van der Waals surface area contributed by atoms with Gasteiger partial charge in [0.05, 0.1) is 18.0 Å². The standard InChI is InChI=1S/C25H26ClFN2O3/c1-16-11-20(29(28-16)19-6-4-5-18(26)14-19)8-9-21(30)12-17-7-10-22(23(27)13-17)24-15-31-25(2,3)32-24/h4-7,10-11,13-14,24H,8-9,12,15H2,1-3H3. The van der Waals surface area contributed by atoms with Gasteiger partial charge in [-0.3, -0.25) is 4.79 Å². The van der Waals surface area contributed by atoms with Crippen LogP contribution in [0.15, 0.2) is 48.5 Å². The third kappa shape index (κ3) is 5.26. The van der Waals surface area contributed by atoms with Crippen LogP contribution in [0, 0.1) is 12.7 Å². The number of ketones is 1. The minimum absolute atomic E-state index is 0.0373. The summed E-state index contributed by atoms with van der Waals surface area (Å²) in [5.41, 5.74) is 3.75. The molecular weight excluding hydrogens is 431 g/mol. The van der Waals surface area contributed by atoms with Crippen LogP contribution in [0.2, 0.25) is 5.02 Å². The van der Waals surface area contributed by atoms with Gasteiger partial charge in [-0.1, -0.05) is 29.8 Å². The van der Waals surface area contributed by atoms with E-state index < -0.39 is 11.9 Å². The molecule has 1 aromatic heterocycles. The Labute approximate surface area is 192 Å². The number of hydrogen-bond donors (Lipinski definition) is 0. The summed E-state index contributed by atoms with van der Waals surface area (Å²) < 4.78 is 27.7. The molecule has 32 heavy (non-hydrogen) atoms. The molecule has 0 bridgehead atoms. The van der Waals surface area contributed by atoms with Crippen LogP contribution in [0.25, 0.3) is 5.69 Å². The highest BCUT2D eigenvalue weighted by Gasteiger charge is 2.34. The molecule has 1 atom stereocenters. The minimum Gasteiger partial charge on any atom is -0.347 e. The van der Waals surface area contributed by atoms with Gasteiger partial charge >= 0.3 is 0 Å². The Balaban J connectivity index is 1.39. The van der Waals surface area contributed by atoms with E-state index in [1.165, 1.54) is 6.07 Å². The molecule has 0 aliphatic carbocycles. The predicted molar refractivity (Wildman–Crippen MR) is 121 cm³/mol. The number of aromatic nitrogens is 2. The Bertz CT molecular complexity index is 1140. The van der Waals surface area contributed by atoms with Crippen molar-refractivity contribution >= 4 is 17.4 Å². The molecule has 0 spiro atoms. The molecule has 1 saturated heterocycles. The van der Waals surface area contributed by atoms with Crippen LogP contribution in [0.5, 0.6) is 0 Å². The number of halogens is 2. The number of rotatable bonds is 7. The molecule has 0 saturated carbocycles. The molecule has 0 radical (unpaired) electrons. The zero-order chi connectivity index (χ0) is 22.9. The molecular formula is C25H26ClFN2O3. The molecule has 0 N–H and O–H groups in total. The van der Waals surface area contributed by atoms with Crippen molar-refractivity contribution in [3.8, 4) is 5.69 Å². The maximum absolute atomic E-state index is 14.7. The average Bonchev–Trinajstić information content (AvgIpc) is 3.28. The number of carbonyl (C=O) groups is 1. The van der Waals surface area contributed by atoms with Crippen LogP contribution in [0.1, 0.15) is 48.9 Å². The highest BCUT2D eigenvalue weighted by atomic mass is 35.5. The van der Waals surface area contributed by atoms with E-state index in [9.17, 15) is 9.18 Å². The Morgan fingerprint density at radius 1 is 1.25 bits per heavy atom. The zero-order valence-corrected chi connectivity index (χ0v) is 19.2. The van der Waals surface area contributed by atoms with Gasteiger partial charge in [0.15, 0.2) is 5.79 Å². The molecule has 168 valence electrons. The van der Waals surface area contributed by atoms with E-state index in [0.717, 1.165) is 17.1 Å². The average molecular weight is 457 g/mol. The number of benzene rings is 2. The van der Waals surface area contributed by atoms with Crippen LogP contribution < -0.4 is 0 Å². The van der Waals surface area contributed by atoms with Crippen molar-refractivity contribution in [2.45, 2.75) is 51.9 Å². The van der Waals surface area contributed by atoms with Gasteiger partial charge in [-0.25, -0.2) is 9.07 Å². The first kappa shape index (κ1) is 22.6. The zero-order valence-electron chi connectivity index (χ0n) is 18.4. The lowest BCUT2D eigenvalue weighted by Crippen LogP contribution is -2.19. The largest absolute Gasteiger partial charge is 0.347 e. The number of aryl methyl sites for hydroxylation is 2. The Hall–Kier alpha value is -2.54. The second kappa shape index (κ2) is 9.14. The summed E-state index contributed by atoms with van der Waals surface area (Å²) in [5.74, 6) is -1.06. The Kier molecular flexibility index (Phi) is 6.47. The molecule has 2 aromatic carbocycles. The van der Waals surface area contributed by atoms with E-state index in [0.29, 0.717) is 35.6 Å². The van der Waals surface area contributed by atoms with Gasteiger partial charge in [0.25, 0.3) is 0 Å². The van der Waals surface area contributed by atoms with Gasteiger partial charge in [-0.2, -0.15) is 5.10 Å². The van der Waals surface area contributed by atoms with Crippen LogP contribution in [0.3, 0.4) is 0 Å². The first-order valence-corrected chi connectivity index (χ1v) is 11.0. The Morgan fingerprint density at radius 2 is 2.06 bits per heavy atom. The quantitative estimate of drug-likeness (QED) is 0.468. The number of Topliss-reactive ketones (excluding diaryl/α,β-unsaturated/α-hetero) is 1. The summed E-state index contributed by atoms with van der Waals surface area (Å²) in [6.45, 7) is 5.83. The van der Waals surface area contributed by atoms with E-state index in [1.54, 1.807) is 26.0 Å². The second-order valence-corrected chi connectivity index (χ2v) is 8.99. The lowest BCUT2D eigenvalue weighted by molar-refractivity contribution is -0.139. The highest BCUT2D eigenvalue weighted by Crippen LogP contribution is 2.34. The van der Waals surface area contributed by atoms with Gasteiger partial charge in [-0.05, 0) is 63.1 Å². The SMILES string of the molecule is Cc1cc(CCC(=O)Cc2ccc(C3COC(C)(C)O3)c(F)c2)n(-c2cccc(Cl)c2)n1. The normalized spacial score (nSPS) is 17.6. The fraction of sp³-hybridized carbons (Fsp3) is 0.360. The van der Waals surface area contributed by atoms with Crippen molar-refractivity contribution in [1.29, 1.82) is 0 Å². The summed E-state index contributed by atoms with van der Waals surface area (Å²) in [7, 11) is 0. The fourth-order valence-electron chi connectivity index (χ4n) is 3.93. The van der Waals surface area contributed by atoms with Gasteiger partial charge < -0.3 is 9.47 Å². The predicted octanol–water partition coefficient (Wildman–Crippen LogP) is 5.54. The van der Waals surface area contributed by atoms with E-state index in [4.69, 9.17) is 21.1 Å². The van der Waals surface area contributed by atoms with Crippen LogP contribution >= 0.6 is 11.6 Å². The maximum atomic E-state index is 14.7. The van der Waals surface area contributed by atoms with Gasteiger partial charge in [-0.15, -0.1) is 0 Å². The van der Waals surface area contributed by atoms with Crippen LogP contribution in [-0.4, -0.2) is 28.0 Å². The number of carbonyl (C=O) groups excluding carboxylic acids is 1. The van der Waals surface area contributed by atoms with Gasteiger partial charge in [0, 0.05) is 29.1 Å².